The summed E-state index contributed by atoms with van der Waals surface area (Å²) < 4.78 is 0. The second kappa shape index (κ2) is 5.07. The van der Waals surface area contributed by atoms with E-state index in [4.69, 9.17) is 17.3 Å². The van der Waals surface area contributed by atoms with Crippen LogP contribution in [0.4, 0.5) is 5.69 Å². The Morgan fingerprint density at radius 1 is 1.59 bits per heavy atom. The van der Waals surface area contributed by atoms with Gasteiger partial charge in [0.1, 0.15) is 5.38 Å². The zero-order valence-electron chi connectivity index (χ0n) is 9.90. The van der Waals surface area contributed by atoms with E-state index in [0.717, 1.165) is 17.7 Å². The predicted octanol–water partition coefficient (Wildman–Crippen LogP) is 2.09. The van der Waals surface area contributed by atoms with Gasteiger partial charge in [0.05, 0.1) is 0 Å². The summed E-state index contributed by atoms with van der Waals surface area (Å²) >= 11 is 5.88. The van der Waals surface area contributed by atoms with E-state index in [1.807, 2.05) is 24.3 Å². The number of benzene rings is 1. The number of fused-ring (bicyclic) bond motifs is 1. The van der Waals surface area contributed by atoms with Crippen molar-refractivity contribution in [2.45, 2.75) is 24.6 Å². The van der Waals surface area contributed by atoms with Gasteiger partial charge in [-0.2, -0.15) is 0 Å². The van der Waals surface area contributed by atoms with Crippen molar-refractivity contribution in [3.8, 4) is 0 Å². The lowest BCUT2D eigenvalue weighted by Crippen LogP contribution is -2.41. The number of nitrogens with zero attached hydrogens (tertiary/aromatic N) is 1. The number of amides is 1. The minimum absolute atomic E-state index is 0.0328. The lowest BCUT2D eigenvalue weighted by Gasteiger charge is -2.34. The van der Waals surface area contributed by atoms with Crippen LogP contribution >= 0.6 is 11.6 Å². The van der Waals surface area contributed by atoms with Crippen molar-refractivity contribution < 1.29 is 4.79 Å². The van der Waals surface area contributed by atoms with Crippen LogP contribution in [0.15, 0.2) is 24.3 Å². The maximum Gasteiger partial charge on any atom is 0.244 e. The monoisotopic (exact) mass is 252 g/mol. The van der Waals surface area contributed by atoms with Crippen molar-refractivity contribution in [2.75, 3.05) is 18.0 Å². The Labute approximate surface area is 107 Å². The number of para-hydroxylation sites is 1. The van der Waals surface area contributed by atoms with Crippen molar-refractivity contribution in [2.24, 2.45) is 5.73 Å². The third-order valence-corrected chi connectivity index (χ3v) is 3.45. The number of alkyl halides is 1. The second-order valence-corrected chi connectivity index (χ2v) is 5.04. The van der Waals surface area contributed by atoms with Gasteiger partial charge in [0.25, 0.3) is 0 Å². The van der Waals surface area contributed by atoms with Gasteiger partial charge in [0.15, 0.2) is 0 Å². The number of nitrogens with two attached hydrogens (primary N) is 1. The Morgan fingerprint density at radius 2 is 2.29 bits per heavy atom. The fourth-order valence-electron chi connectivity index (χ4n) is 2.33. The molecule has 17 heavy (non-hydrogen) atoms. The molecule has 1 aromatic carbocycles. The van der Waals surface area contributed by atoms with Gasteiger partial charge in [-0.05, 0) is 37.4 Å². The zero-order chi connectivity index (χ0) is 12.4. The second-order valence-electron chi connectivity index (χ2n) is 4.39. The summed E-state index contributed by atoms with van der Waals surface area (Å²) in [5, 5.41) is -0.488. The summed E-state index contributed by atoms with van der Waals surface area (Å²) in [5.74, 6) is 0.315. The van der Waals surface area contributed by atoms with Crippen LogP contribution in [0.2, 0.25) is 0 Å². The van der Waals surface area contributed by atoms with Gasteiger partial charge < -0.3 is 10.6 Å². The minimum atomic E-state index is -0.488. The van der Waals surface area contributed by atoms with Crippen LogP contribution in [0.3, 0.4) is 0 Å². The molecule has 1 aromatic rings. The molecule has 0 bridgehead atoms. The molecule has 0 fully saturated rings. The van der Waals surface area contributed by atoms with E-state index >= 15 is 0 Å². The van der Waals surface area contributed by atoms with Gasteiger partial charge in [-0.15, -0.1) is 11.6 Å². The standard InChI is InChI=1S/C13H17ClN2O/c1-9(14)13(17)16-7-6-10(8-15)11-4-2-3-5-12(11)16/h2-5,9-10H,6-8,15H2,1H3. The molecule has 0 saturated heterocycles. The molecule has 0 aromatic heterocycles. The smallest absolute Gasteiger partial charge is 0.244 e. The van der Waals surface area contributed by atoms with Crippen molar-refractivity contribution in [3.63, 3.8) is 0 Å². The lowest BCUT2D eigenvalue weighted by atomic mass is 9.90. The number of carbonyl (C=O) groups is 1. The predicted molar refractivity (Wildman–Crippen MR) is 70.5 cm³/mol. The third kappa shape index (κ3) is 2.31. The van der Waals surface area contributed by atoms with Crippen LogP contribution in [0.1, 0.15) is 24.8 Å². The average molecular weight is 253 g/mol. The molecule has 1 aliphatic rings. The van der Waals surface area contributed by atoms with Gasteiger partial charge in [0, 0.05) is 12.2 Å². The van der Waals surface area contributed by atoms with Crippen LogP contribution in [0, 0.1) is 0 Å². The van der Waals surface area contributed by atoms with E-state index in [2.05, 4.69) is 0 Å². The number of rotatable bonds is 2. The Kier molecular flexibility index (Phi) is 3.69. The van der Waals surface area contributed by atoms with E-state index in [-0.39, 0.29) is 5.91 Å². The van der Waals surface area contributed by atoms with Gasteiger partial charge in [-0.1, -0.05) is 18.2 Å². The van der Waals surface area contributed by atoms with E-state index < -0.39 is 5.38 Å². The summed E-state index contributed by atoms with van der Waals surface area (Å²) in [6.45, 7) is 3.03. The molecule has 2 unspecified atom stereocenters. The summed E-state index contributed by atoms with van der Waals surface area (Å²) in [6, 6.07) is 7.94. The molecule has 1 aliphatic heterocycles. The highest BCUT2D eigenvalue weighted by Crippen LogP contribution is 2.34. The number of halogens is 1. The SMILES string of the molecule is CC(Cl)C(=O)N1CCC(CN)c2ccccc21. The average Bonchev–Trinajstić information content (AvgIpc) is 2.36. The molecule has 2 atom stereocenters. The van der Waals surface area contributed by atoms with Gasteiger partial charge >= 0.3 is 0 Å². The Balaban J connectivity index is 2.37. The van der Waals surface area contributed by atoms with E-state index in [1.54, 1.807) is 11.8 Å². The summed E-state index contributed by atoms with van der Waals surface area (Å²) in [4.78, 5) is 13.8. The lowest BCUT2D eigenvalue weighted by molar-refractivity contribution is -0.118. The first kappa shape index (κ1) is 12.4. The molecule has 0 radical (unpaired) electrons. The number of anilines is 1. The van der Waals surface area contributed by atoms with Gasteiger partial charge in [-0.3, -0.25) is 4.79 Å². The Bertz CT molecular complexity index is 420. The minimum Gasteiger partial charge on any atom is -0.330 e. The Morgan fingerprint density at radius 3 is 2.94 bits per heavy atom. The van der Waals surface area contributed by atoms with Crippen LogP contribution in [0.5, 0.6) is 0 Å². The molecule has 1 amide bonds. The molecule has 2 N–H and O–H groups in total. The topological polar surface area (TPSA) is 46.3 Å². The normalized spacial score (nSPS) is 20.9. The molecule has 0 saturated carbocycles. The first-order chi connectivity index (χ1) is 8.15. The maximum absolute atomic E-state index is 12.0. The molecule has 92 valence electrons. The van der Waals surface area contributed by atoms with E-state index in [0.29, 0.717) is 19.0 Å². The number of hydrogen-bond acceptors (Lipinski definition) is 2. The third-order valence-electron chi connectivity index (χ3n) is 3.26. The molecular formula is C13H17ClN2O. The summed E-state index contributed by atoms with van der Waals surface area (Å²) in [5.41, 5.74) is 7.89. The van der Waals surface area contributed by atoms with Crippen LogP contribution in [0.25, 0.3) is 0 Å². The first-order valence-corrected chi connectivity index (χ1v) is 6.33. The summed E-state index contributed by atoms with van der Waals surface area (Å²) in [7, 11) is 0. The van der Waals surface area contributed by atoms with E-state index in [1.165, 1.54) is 0 Å². The van der Waals surface area contributed by atoms with Crippen molar-refractivity contribution >= 4 is 23.2 Å². The van der Waals surface area contributed by atoms with Crippen LogP contribution < -0.4 is 10.6 Å². The van der Waals surface area contributed by atoms with Gasteiger partial charge in [0.2, 0.25) is 5.91 Å². The first-order valence-electron chi connectivity index (χ1n) is 5.89. The molecule has 0 spiro atoms. The molecule has 2 rings (SSSR count). The fourth-order valence-corrected chi connectivity index (χ4v) is 2.45. The highest BCUT2D eigenvalue weighted by atomic mass is 35.5. The van der Waals surface area contributed by atoms with Gasteiger partial charge in [-0.25, -0.2) is 0 Å². The molecular weight excluding hydrogens is 236 g/mol. The largest absolute Gasteiger partial charge is 0.330 e. The molecule has 1 heterocycles. The molecule has 0 aliphatic carbocycles. The maximum atomic E-state index is 12.0. The number of carbonyl (C=O) groups excluding carboxylic acids is 1. The number of hydrogen-bond donors (Lipinski definition) is 1. The quantitative estimate of drug-likeness (QED) is 0.820. The summed E-state index contributed by atoms with van der Waals surface area (Å²) in [6.07, 6.45) is 0.906. The fraction of sp³-hybridized carbons (Fsp3) is 0.462. The zero-order valence-corrected chi connectivity index (χ0v) is 10.7. The molecule has 3 nitrogen and oxygen atoms in total. The van der Waals surface area contributed by atoms with Crippen LogP contribution in [-0.4, -0.2) is 24.4 Å². The highest BCUT2D eigenvalue weighted by molar-refractivity contribution is 6.32. The van der Waals surface area contributed by atoms with Crippen molar-refractivity contribution in [1.82, 2.24) is 0 Å². The van der Waals surface area contributed by atoms with Crippen LogP contribution in [-0.2, 0) is 4.79 Å². The van der Waals surface area contributed by atoms with E-state index in [9.17, 15) is 4.79 Å². The highest BCUT2D eigenvalue weighted by Gasteiger charge is 2.29. The van der Waals surface area contributed by atoms with Crippen molar-refractivity contribution in [3.05, 3.63) is 29.8 Å². The molecule has 4 heteroatoms. The van der Waals surface area contributed by atoms with Crippen molar-refractivity contribution in [1.29, 1.82) is 0 Å². The Hall–Kier alpha value is -1.06.